The lowest BCUT2D eigenvalue weighted by Crippen LogP contribution is -2.23. The summed E-state index contributed by atoms with van der Waals surface area (Å²) in [4.78, 5) is 16.7. The van der Waals surface area contributed by atoms with Crippen molar-refractivity contribution >= 4 is 17.5 Å². The van der Waals surface area contributed by atoms with E-state index in [1.54, 1.807) is 23.1 Å². The van der Waals surface area contributed by atoms with E-state index in [9.17, 15) is 4.79 Å². The van der Waals surface area contributed by atoms with Gasteiger partial charge in [0.1, 0.15) is 12.7 Å². The van der Waals surface area contributed by atoms with Crippen LogP contribution in [0.1, 0.15) is 48.2 Å². The van der Waals surface area contributed by atoms with Gasteiger partial charge >= 0.3 is 0 Å². The van der Waals surface area contributed by atoms with Gasteiger partial charge < -0.3 is 14.8 Å². The molecular formula is C23H27ClN4O3. The molecule has 8 heteroatoms. The number of carbonyl (C=O) groups excluding carboxylic acids is 1. The number of carbonyl (C=O) groups is 1. The maximum Gasteiger partial charge on any atom is 0.251 e. The first-order valence-corrected chi connectivity index (χ1v) is 10.8. The second-order valence-corrected chi connectivity index (χ2v) is 7.42. The average molecular weight is 443 g/mol. The molecular weight excluding hydrogens is 416 g/mol. The lowest BCUT2D eigenvalue weighted by molar-refractivity contribution is 0.0950. The van der Waals surface area contributed by atoms with Crippen molar-refractivity contribution in [2.45, 2.75) is 39.8 Å². The van der Waals surface area contributed by atoms with Gasteiger partial charge in [-0.15, -0.1) is 0 Å². The summed E-state index contributed by atoms with van der Waals surface area (Å²) < 4.78 is 13.2. The van der Waals surface area contributed by atoms with E-state index >= 15 is 0 Å². The molecule has 164 valence electrons. The minimum Gasteiger partial charge on any atom is -0.490 e. The van der Waals surface area contributed by atoms with Crippen molar-refractivity contribution in [2.75, 3.05) is 13.2 Å². The third-order valence-corrected chi connectivity index (χ3v) is 4.85. The molecule has 0 saturated carbocycles. The number of aromatic nitrogens is 3. The van der Waals surface area contributed by atoms with Crippen molar-refractivity contribution in [3.8, 4) is 11.5 Å². The molecule has 1 heterocycles. The van der Waals surface area contributed by atoms with Crippen LogP contribution in [0.15, 0.2) is 49.1 Å². The van der Waals surface area contributed by atoms with E-state index in [1.807, 2.05) is 31.2 Å². The molecule has 31 heavy (non-hydrogen) atoms. The van der Waals surface area contributed by atoms with Gasteiger partial charge in [0.15, 0.2) is 11.5 Å². The quantitative estimate of drug-likeness (QED) is 0.443. The Morgan fingerprint density at radius 3 is 2.74 bits per heavy atom. The molecule has 0 fully saturated rings. The predicted molar refractivity (Wildman–Crippen MR) is 120 cm³/mol. The Labute approximate surface area is 187 Å². The normalized spacial score (nSPS) is 10.7. The van der Waals surface area contributed by atoms with E-state index in [0.717, 1.165) is 24.0 Å². The fourth-order valence-corrected chi connectivity index (χ4v) is 3.31. The summed E-state index contributed by atoms with van der Waals surface area (Å²) in [5, 5.41) is 7.42. The van der Waals surface area contributed by atoms with Crippen molar-refractivity contribution in [1.29, 1.82) is 0 Å². The minimum absolute atomic E-state index is 0.232. The van der Waals surface area contributed by atoms with Gasteiger partial charge in [-0.3, -0.25) is 4.79 Å². The van der Waals surface area contributed by atoms with Crippen LogP contribution in [-0.4, -0.2) is 33.9 Å². The van der Waals surface area contributed by atoms with Crippen LogP contribution in [0.2, 0.25) is 5.02 Å². The number of ether oxygens (including phenoxy) is 2. The Balaban J connectivity index is 1.67. The maximum atomic E-state index is 12.8. The van der Waals surface area contributed by atoms with E-state index in [2.05, 4.69) is 22.3 Å². The SMILES string of the molecule is CCCCOc1c(Cl)cc(C(=O)NCc2cccc(Cn3cncn3)c2)cc1OCC. The summed E-state index contributed by atoms with van der Waals surface area (Å²) in [7, 11) is 0. The van der Waals surface area contributed by atoms with Gasteiger partial charge in [0.05, 0.1) is 24.8 Å². The number of nitrogens with zero attached hydrogens (tertiary/aromatic N) is 3. The minimum atomic E-state index is -0.232. The zero-order valence-corrected chi connectivity index (χ0v) is 18.6. The third kappa shape index (κ3) is 6.46. The second-order valence-electron chi connectivity index (χ2n) is 7.02. The molecule has 0 bridgehead atoms. The topological polar surface area (TPSA) is 78.3 Å². The molecule has 0 atom stereocenters. The molecule has 0 aliphatic heterocycles. The number of hydrogen-bond acceptors (Lipinski definition) is 5. The zero-order valence-electron chi connectivity index (χ0n) is 17.8. The van der Waals surface area contributed by atoms with Crippen molar-refractivity contribution in [1.82, 2.24) is 20.1 Å². The van der Waals surface area contributed by atoms with Crippen molar-refractivity contribution in [3.63, 3.8) is 0 Å². The molecule has 7 nitrogen and oxygen atoms in total. The van der Waals surface area contributed by atoms with E-state index in [1.165, 1.54) is 6.33 Å². The van der Waals surface area contributed by atoms with Gasteiger partial charge in [0, 0.05) is 12.1 Å². The predicted octanol–water partition coefficient (Wildman–Crippen LogP) is 4.49. The van der Waals surface area contributed by atoms with Gasteiger partial charge in [0.2, 0.25) is 0 Å². The van der Waals surface area contributed by atoms with E-state index in [4.69, 9.17) is 21.1 Å². The lowest BCUT2D eigenvalue weighted by Gasteiger charge is -2.15. The summed E-state index contributed by atoms with van der Waals surface area (Å²) in [5.74, 6) is 0.727. The maximum absolute atomic E-state index is 12.8. The van der Waals surface area contributed by atoms with Crippen molar-refractivity contribution in [3.05, 3.63) is 70.8 Å². The van der Waals surface area contributed by atoms with Crippen LogP contribution in [0.4, 0.5) is 0 Å². The molecule has 0 spiro atoms. The van der Waals surface area contributed by atoms with E-state index in [-0.39, 0.29) is 5.91 Å². The summed E-state index contributed by atoms with van der Waals surface area (Å²) in [5.41, 5.74) is 2.49. The number of unbranched alkanes of at least 4 members (excludes halogenated alkanes) is 1. The third-order valence-electron chi connectivity index (χ3n) is 4.57. The summed E-state index contributed by atoms with van der Waals surface area (Å²) >= 11 is 6.40. The first kappa shape index (κ1) is 22.6. The van der Waals surface area contributed by atoms with E-state index in [0.29, 0.717) is 48.4 Å². The highest BCUT2D eigenvalue weighted by molar-refractivity contribution is 6.32. The van der Waals surface area contributed by atoms with Crippen molar-refractivity contribution < 1.29 is 14.3 Å². The number of nitrogens with one attached hydrogen (secondary N) is 1. The number of rotatable bonds is 11. The Morgan fingerprint density at radius 2 is 2.00 bits per heavy atom. The number of hydrogen-bond donors (Lipinski definition) is 1. The molecule has 3 rings (SSSR count). The molecule has 3 aromatic rings. The smallest absolute Gasteiger partial charge is 0.251 e. The molecule has 0 saturated heterocycles. The van der Waals surface area contributed by atoms with Crippen LogP contribution in [0.3, 0.4) is 0 Å². The van der Waals surface area contributed by atoms with Crippen LogP contribution in [0.5, 0.6) is 11.5 Å². The van der Waals surface area contributed by atoms with Gasteiger partial charge in [-0.25, -0.2) is 9.67 Å². The Kier molecular flexibility index (Phi) is 8.29. The highest BCUT2D eigenvalue weighted by Gasteiger charge is 2.16. The second kappa shape index (κ2) is 11.4. The van der Waals surface area contributed by atoms with Crippen LogP contribution in [0.25, 0.3) is 0 Å². The number of amides is 1. The lowest BCUT2D eigenvalue weighted by atomic mass is 10.1. The molecule has 2 aromatic carbocycles. The Bertz CT molecular complexity index is 992. The Morgan fingerprint density at radius 1 is 1.16 bits per heavy atom. The van der Waals surface area contributed by atoms with Crippen LogP contribution in [0, 0.1) is 0 Å². The highest BCUT2D eigenvalue weighted by Crippen LogP contribution is 2.37. The molecule has 0 aliphatic carbocycles. The van der Waals surface area contributed by atoms with Crippen molar-refractivity contribution in [2.24, 2.45) is 0 Å². The van der Waals surface area contributed by atoms with Crippen LogP contribution < -0.4 is 14.8 Å². The summed E-state index contributed by atoms with van der Waals surface area (Å²) in [6.45, 7) is 5.97. The molecule has 0 radical (unpaired) electrons. The molecule has 0 unspecified atom stereocenters. The van der Waals surface area contributed by atoms with Gasteiger partial charge in [-0.1, -0.05) is 49.2 Å². The van der Waals surface area contributed by atoms with Gasteiger partial charge in [-0.05, 0) is 36.6 Å². The molecule has 1 amide bonds. The average Bonchev–Trinajstić information content (AvgIpc) is 3.27. The fourth-order valence-electron chi connectivity index (χ4n) is 3.04. The monoisotopic (exact) mass is 442 g/mol. The van der Waals surface area contributed by atoms with Crippen LogP contribution >= 0.6 is 11.6 Å². The summed E-state index contributed by atoms with van der Waals surface area (Å²) in [6.07, 6.45) is 5.11. The first-order chi connectivity index (χ1) is 15.1. The summed E-state index contributed by atoms with van der Waals surface area (Å²) in [6, 6.07) is 11.3. The first-order valence-electron chi connectivity index (χ1n) is 10.4. The Hall–Kier alpha value is -3.06. The fraction of sp³-hybridized carbons (Fsp3) is 0.348. The standard InChI is InChI=1S/C23H27ClN4O3/c1-3-5-9-31-22-20(24)11-19(12-21(22)30-4-2)23(29)26-13-17-7-6-8-18(10-17)14-28-16-25-15-27-28/h6-8,10-12,15-16H,3-5,9,13-14H2,1-2H3,(H,26,29). The van der Waals surface area contributed by atoms with Gasteiger partial charge in [-0.2, -0.15) is 5.10 Å². The highest BCUT2D eigenvalue weighted by atomic mass is 35.5. The van der Waals surface area contributed by atoms with Gasteiger partial charge in [0.25, 0.3) is 5.91 Å². The molecule has 1 N–H and O–H groups in total. The van der Waals surface area contributed by atoms with E-state index < -0.39 is 0 Å². The number of benzene rings is 2. The molecule has 1 aromatic heterocycles. The largest absolute Gasteiger partial charge is 0.490 e. The van der Waals surface area contributed by atoms with Crippen LogP contribution in [-0.2, 0) is 13.1 Å². The number of halogens is 1. The molecule has 0 aliphatic rings. The zero-order chi connectivity index (χ0) is 22.1.